The molecule has 0 saturated heterocycles. The van der Waals surface area contributed by atoms with Crippen LogP contribution in [0.3, 0.4) is 0 Å². The van der Waals surface area contributed by atoms with E-state index in [2.05, 4.69) is 128 Å². The normalized spacial score (nSPS) is 11.3. The van der Waals surface area contributed by atoms with E-state index in [1.807, 2.05) is 30.5 Å². The number of aryl methyl sites for hydroxylation is 2. The Bertz CT molecular complexity index is 2690. The Kier molecular flexibility index (Phi) is 7.93. The van der Waals surface area contributed by atoms with Crippen LogP contribution >= 0.6 is 0 Å². The molecule has 0 saturated carbocycles. The van der Waals surface area contributed by atoms with Gasteiger partial charge in [-0.25, -0.2) is 9.97 Å². The monoisotopic (exact) mass is 826 g/mol. The van der Waals surface area contributed by atoms with Gasteiger partial charge in [-0.2, -0.15) is 6.20 Å². The number of rotatable bonds is 5. The van der Waals surface area contributed by atoms with Gasteiger partial charge in [-0.1, -0.05) is 120 Å². The molecular weight excluding hydrogens is 796 g/mol. The van der Waals surface area contributed by atoms with E-state index in [1.54, 1.807) is 6.07 Å². The zero-order chi connectivity index (χ0) is 33.1. The van der Waals surface area contributed by atoms with Crippen LogP contribution in [0.4, 0.5) is 0 Å². The minimum atomic E-state index is 0. The zero-order valence-corrected chi connectivity index (χ0v) is 29.7. The van der Waals surface area contributed by atoms with Crippen molar-refractivity contribution in [2.24, 2.45) is 0 Å². The van der Waals surface area contributed by atoms with Crippen LogP contribution in [-0.4, -0.2) is 19.6 Å². The van der Waals surface area contributed by atoms with Gasteiger partial charge < -0.3 is 10.1 Å². The molecule has 50 heavy (non-hydrogen) atoms. The van der Waals surface area contributed by atoms with Crippen LogP contribution in [0, 0.1) is 13.8 Å². The molecule has 0 fully saturated rings. The largest absolute Gasteiger partial charge is 0.663 e. The fourth-order valence-electron chi connectivity index (χ4n) is 7.16. The second kappa shape index (κ2) is 12.6. The van der Waals surface area contributed by atoms with Gasteiger partial charge in [0.25, 0.3) is 0 Å². The molecule has 244 valence electrons. The Balaban J connectivity index is 0.00000361. The maximum Gasteiger partial charge on any atom is 0.144 e. The van der Waals surface area contributed by atoms with Crippen molar-refractivity contribution in [1.29, 1.82) is 0 Å². The van der Waals surface area contributed by atoms with Crippen LogP contribution in [-0.2, 0) is 21.1 Å². The molecule has 9 aromatic rings. The van der Waals surface area contributed by atoms with E-state index in [4.69, 9.17) is 15.0 Å². The quantitative estimate of drug-likeness (QED) is 0.188. The van der Waals surface area contributed by atoms with E-state index in [-0.39, 0.29) is 26.8 Å². The van der Waals surface area contributed by atoms with Crippen LogP contribution in [0.1, 0.15) is 11.1 Å². The molecule has 0 atom stereocenters. The number of aromatic hydroxyl groups is 1. The van der Waals surface area contributed by atoms with Gasteiger partial charge in [0.15, 0.2) is 0 Å². The minimum Gasteiger partial charge on any atom is -0.663 e. The molecular formula is C44H31N4OPt-. The van der Waals surface area contributed by atoms with Gasteiger partial charge in [0, 0.05) is 43.3 Å². The summed E-state index contributed by atoms with van der Waals surface area (Å²) in [5.41, 5.74) is 13.6. The summed E-state index contributed by atoms with van der Waals surface area (Å²) in [7, 11) is 0. The Hall–Kier alpha value is -5.77. The summed E-state index contributed by atoms with van der Waals surface area (Å²) in [6, 6.07) is 47.9. The van der Waals surface area contributed by atoms with Crippen LogP contribution in [0.15, 0.2) is 146 Å². The van der Waals surface area contributed by atoms with E-state index < -0.39 is 0 Å². The molecule has 0 radical (unpaired) electrons. The summed E-state index contributed by atoms with van der Waals surface area (Å²) in [5.74, 6) is 0.949. The van der Waals surface area contributed by atoms with Crippen molar-refractivity contribution >= 4 is 32.8 Å². The number of phenols is 1. The summed E-state index contributed by atoms with van der Waals surface area (Å²) in [5, 5.41) is 13.1. The second-order valence-electron chi connectivity index (χ2n) is 12.7. The molecule has 0 bridgehead atoms. The first-order chi connectivity index (χ1) is 24.0. The number of phenolic OH excluding ortho intramolecular Hbond substituents is 1. The number of aromatic nitrogens is 4. The number of benzene rings is 6. The Morgan fingerprint density at radius 2 is 1.32 bits per heavy atom. The summed E-state index contributed by atoms with van der Waals surface area (Å²) in [6.45, 7) is 4.23. The third-order valence-corrected chi connectivity index (χ3v) is 9.29. The van der Waals surface area contributed by atoms with Gasteiger partial charge in [-0.15, -0.1) is 5.52 Å². The molecule has 3 aromatic heterocycles. The van der Waals surface area contributed by atoms with Gasteiger partial charge in [0.05, 0.1) is 16.7 Å². The molecule has 0 spiro atoms. The maximum absolute atomic E-state index is 11.1. The molecule has 9 rings (SSSR count). The average Bonchev–Trinajstić information content (AvgIpc) is 3.77. The predicted molar refractivity (Wildman–Crippen MR) is 200 cm³/mol. The fourth-order valence-corrected chi connectivity index (χ4v) is 7.16. The standard InChI is InChI=1S/C44H31N4O.Pt/c1-27-22-28(2)24-32(23-27)37-26-38(46-43-34(37)15-9-19-40(43)49)35-16-8-18-39-42(35)47-44(36-17-7-12-30-20-21-45-41(30)36)48(39)33-14-6-13-31(25-33)29-10-4-3-5-11-29;/h3-26H,1-2H3,(H-,45,46,47,49);/q-1;. The molecule has 0 aliphatic carbocycles. The van der Waals surface area contributed by atoms with Crippen molar-refractivity contribution in [3.63, 3.8) is 0 Å². The summed E-state index contributed by atoms with van der Waals surface area (Å²) in [4.78, 5) is 15.3. The van der Waals surface area contributed by atoms with Crippen molar-refractivity contribution in [2.75, 3.05) is 0 Å². The van der Waals surface area contributed by atoms with Gasteiger partial charge in [0.1, 0.15) is 17.1 Å². The number of fused-ring (bicyclic) bond motifs is 3. The molecule has 3 heterocycles. The van der Waals surface area contributed by atoms with Crippen molar-refractivity contribution in [1.82, 2.24) is 19.5 Å². The number of hydrogen-bond acceptors (Lipinski definition) is 3. The van der Waals surface area contributed by atoms with E-state index in [1.165, 1.54) is 11.1 Å². The smallest absolute Gasteiger partial charge is 0.144 e. The van der Waals surface area contributed by atoms with E-state index in [0.717, 1.165) is 77.9 Å². The van der Waals surface area contributed by atoms with Crippen LogP contribution in [0.25, 0.3) is 83.4 Å². The van der Waals surface area contributed by atoms with Crippen molar-refractivity contribution in [3.8, 4) is 56.3 Å². The fraction of sp³-hybridized carbons (Fsp3) is 0.0455. The first-order valence-corrected chi connectivity index (χ1v) is 16.4. The Labute approximate surface area is 304 Å². The molecule has 1 N–H and O–H groups in total. The summed E-state index contributed by atoms with van der Waals surface area (Å²) < 4.78 is 2.23. The van der Waals surface area contributed by atoms with E-state index in [0.29, 0.717) is 5.52 Å². The van der Waals surface area contributed by atoms with Crippen molar-refractivity contribution in [2.45, 2.75) is 13.8 Å². The number of pyridine rings is 1. The van der Waals surface area contributed by atoms with E-state index >= 15 is 0 Å². The molecule has 0 aliphatic heterocycles. The molecule has 0 aliphatic rings. The number of imidazole rings is 1. The molecule has 6 heteroatoms. The Morgan fingerprint density at radius 3 is 2.16 bits per heavy atom. The minimum absolute atomic E-state index is 0. The topological polar surface area (TPSA) is 65.0 Å². The molecule has 6 aromatic carbocycles. The van der Waals surface area contributed by atoms with Gasteiger partial charge in [-0.05, 0) is 71.8 Å². The van der Waals surface area contributed by atoms with Gasteiger partial charge in [-0.3, -0.25) is 4.57 Å². The SMILES string of the molecule is Cc1cc(C)cc(-c2cc(-c3cccc4c3nc(-c3cccc5cc[n-]c35)n4-c3cccc(-c4ccccc4)c3)nc3c(O)cccc23)c1.[Pt]. The summed E-state index contributed by atoms with van der Waals surface area (Å²) in [6.07, 6.45) is 1.85. The average molecular weight is 827 g/mol. The van der Waals surface area contributed by atoms with Crippen molar-refractivity contribution < 1.29 is 26.2 Å². The zero-order valence-electron chi connectivity index (χ0n) is 27.4. The predicted octanol–water partition coefficient (Wildman–Crippen LogP) is 10.7. The van der Waals surface area contributed by atoms with Gasteiger partial charge >= 0.3 is 0 Å². The van der Waals surface area contributed by atoms with Crippen LogP contribution in [0.5, 0.6) is 5.75 Å². The second-order valence-corrected chi connectivity index (χ2v) is 12.7. The first kappa shape index (κ1) is 31.5. The van der Waals surface area contributed by atoms with Crippen LogP contribution in [0.2, 0.25) is 0 Å². The first-order valence-electron chi connectivity index (χ1n) is 16.4. The van der Waals surface area contributed by atoms with E-state index in [9.17, 15) is 5.11 Å². The van der Waals surface area contributed by atoms with Crippen molar-refractivity contribution in [3.05, 3.63) is 157 Å². The third kappa shape index (κ3) is 5.31. The molecule has 0 unspecified atom stereocenters. The Morgan fingerprint density at radius 1 is 0.580 bits per heavy atom. The third-order valence-electron chi connectivity index (χ3n) is 9.29. The van der Waals surface area contributed by atoms with Gasteiger partial charge in [0.2, 0.25) is 0 Å². The maximum atomic E-state index is 11.1. The summed E-state index contributed by atoms with van der Waals surface area (Å²) >= 11 is 0. The van der Waals surface area contributed by atoms with Crippen LogP contribution < -0.4 is 4.98 Å². The number of hydrogen-bond donors (Lipinski definition) is 1. The number of para-hydroxylation sites is 3. The molecule has 5 nitrogen and oxygen atoms in total. The number of nitrogens with zero attached hydrogens (tertiary/aromatic N) is 4. The molecule has 0 amide bonds.